The monoisotopic (exact) mass is 569 g/mol. The Morgan fingerprint density at radius 3 is 1.20 bits per heavy atom. The number of ether oxygens (including phenoxy) is 2. The minimum absolute atomic E-state index is 0.0530. The van der Waals surface area contributed by atoms with E-state index in [0.29, 0.717) is 0 Å². The molecule has 3 atom stereocenters. The van der Waals surface area contributed by atoms with Crippen molar-refractivity contribution in [3.05, 3.63) is 0 Å². The van der Waals surface area contributed by atoms with Crippen molar-refractivity contribution < 1.29 is 24.2 Å². The smallest absolute Gasteiger partial charge is 0.309 e. The van der Waals surface area contributed by atoms with E-state index in [-0.39, 0.29) is 37.0 Å². The molecule has 0 aromatic rings. The number of hydrogen-bond acceptors (Lipinski definition) is 5. The molecule has 5 nitrogen and oxygen atoms in total. The van der Waals surface area contributed by atoms with Crippen LogP contribution in [-0.2, 0) is 19.1 Å². The van der Waals surface area contributed by atoms with Crippen LogP contribution in [-0.4, -0.2) is 36.4 Å². The molecule has 238 valence electrons. The summed E-state index contributed by atoms with van der Waals surface area (Å²) >= 11 is 0. The van der Waals surface area contributed by atoms with Gasteiger partial charge >= 0.3 is 11.9 Å². The highest BCUT2D eigenvalue weighted by Gasteiger charge is 2.25. The highest BCUT2D eigenvalue weighted by molar-refractivity contribution is 5.73. The van der Waals surface area contributed by atoms with Crippen molar-refractivity contribution in [3.8, 4) is 0 Å². The summed E-state index contributed by atoms with van der Waals surface area (Å²) in [4.78, 5) is 26.1. The number of hydrogen-bond donors (Lipinski definition) is 1. The number of aliphatic hydroxyl groups excluding tert-OH is 1. The van der Waals surface area contributed by atoms with Crippen LogP contribution in [0.4, 0.5) is 0 Å². The van der Waals surface area contributed by atoms with Crippen LogP contribution < -0.4 is 0 Å². The van der Waals surface area contributed by atoms with Crippen molar-refractivity contribution in [3.63, 3.8) is 0 Å². The molecule has 0 heterocycles. The summed E-state index contributed by atoms with van der Waals surface area (Å²) in [6.45, 7) is 8.46. The first kappa shape index (κ1) is 38.9. The lowest BCUT2D eigenvalue weighted by molar-refractivity contribution is -0.167. The third-order valence-corrected chi connectivity index (χ3v) is 8.19. The van der Waals surface area contributed by atoms with Crippen molar-refractivity contribution in [1.29, 1.82) is 0 Å². The molecule has 0 aliphatic heterocycles. The first-order chi connectivity index (χ1) is 19.5. The molecule has 0 aliphatic carbocycles. The third kappa shape index (κ3) is 22.6. The van der Waals surface area contributed by atoms with Gasteiger partial charge in [-0.1, -0.05) is 156 Å². The van der Waals surface area contributed by atoms with Crippen LogP contribution in [0.3, 0.4) is 0 Å². The lowest BCUT2D eigenvalue weighted by atomic mass is 9.94. The molecular weight excluding hydrogens is 500 g/mol. The molecule has 0 bridgehead atoms. The lowest BCUT2D eigenvalue weighted by Crippen LogP contribution is -2.32. The predicted octanol–water partition coefficient (Wildman–Crippen LogP) is 10.1. The molecule has 0 saturated heterocycles. The largest absolute Gasteiger partial charge is 0.461 e. The normalized spacial score (nSPS) is 13.6. The molecule has 0 aromatic heterocycles. The van der Waals surface area contributed by atoms with Crippen LogP contribution in [0.25, 0.3) is 0 Å². The molecule has 1 N–H and O–H groups in total. The zero-order chi connectivity index (χ0) is 29.7. The average molecular weight is 569 g/mol. The van der Waals surface area contributed by atoms with Crippen molar-refractivity contribution in [2.75, 3.05) is 13.2 Å². The van der Waals surface area contributed by atoms with E-state index >= 15 is 0 Å². The molecule has 3 unspecified atom stereocenters. The van der Waals surface area contributed by atoms with E-state index in [0.717, 1.165) is 77.0 Å². The Morgan fingerprint density at radius 1 is 0.500 bits per heavy atom. The van der Waals surface area contributed by atoms with Gasteiger partial charge in [-0.25, -0.2) is 0 Å². The number of carbonyl (C=O) groups excluding carboxylic acids is 2. The summed E-state index contributed by atoms with van der Waals surface area (Å²) in [6.07, 6.45) is 26.1. The second-order valence-electron chi connectivity index (χ2n) is 12.1. The SMILES string of the molecule is CCCCCCCCC(CCCCCC)C(=O)OCC(CO)OC(=O)C(CCCCCC)CCCCCCCC. The maximum absolute atomic E-state index is 13.1. The molecular formula is C35H68O5. The van der Waals surface area contributed by atoms with Gasteiger partial charge in [0.1, 0.15) is 6.61 Å². The molecule has 0 amide bonds. The van der Waals surface area contributed by atoms with Gasteiger partial charge in [0.2, 0.25) is 0 Å². The van der Waals surface area contributed by atoms with Crippen molar-refractivity contribution in [2.45, 2.75) is 188 Å². The van der Waals surface area contributed by atoms with Crippen LogP contribution in [0.5, 0.6) is 0 Å². The van der Waals surface area contributed by atoms with Crippen LogP contribution >= 0.6 is 0 Å². The fourth-order valence-electron chi connectivity index (χ4n) is 5.41. The van der Waals surface area contributed by atoms with Crippen LogP contribution in [0.2, 0.25) is 0 Å². The van der Waals surface area contributed by atoms with Crippen LogP contribution in [0.15, 0.2) is 0 Å². The zero-order valence-corrected chi connectivity index (χ0v) is 27.2. The van der Waals surface area contributed by atoms with Gasteiger partial charge in [0.05, 0.1) is 18.4 Å². The van der Waals surface area contributed by atoms with Gasteiger partial charge in [0, 0.05) is 0 Å². The molecule has 0 aliphatic rings. The number of unbranched alkanes of at least 4 members (excludes halogenated alkanes) is 16. The second-order valence-corrected chi connectivity index (χ2v) is 12.1. The topological polar surface area (TPSA) is 72.8 Å². The van der Waals surface area contributed by atoms with Gasteiger partial charge in [-0.3, -0.25) is 9.59 Å². The molecule has 0 spiro atoms. The number of aliphatic hydroxyl groups is 1. The zero-order valence-electron chi connectivity index (χ0n) is 27.2. The second kappa shape index (κ2) is 29.4. The highest BCUT2D eigenvalue weighted by Crippen LogP contribution is 2.23. The molecule has 5 heteroatoms. The van der Waals surface area contributed by atoms with Gasteiger partial charge in [0.15, 0.2) is 6.10 Å². The maximum Gasteiger partial charge on any atom is 0.309 e. The van der Waals surface area contributed by atoms with Gasteiger partial charge in [-0.2, -0.15) is 0 Å². The fourth-order valence-corrected chi connectivity index (χ4v) is 5.41. The number of rotatable bonds is 30. The van der Waals surface area contributed by atoms with E-state index in [2.05, 4.69) is 27.7 Å². The van der Waals surface area contributed by atoms with E-state index < -0.39 is 6.10 Å². The van der Waals surface area contributed by atoms with Crippen LogP contribution in [0, 0.1) is 11.8 Å². The molecule has 0 saturated carbocycles. The molecule has 0 radical (unpaired) electrons. The van der Waals surface area contributed by atoms with Gasteiger partial charge < -0.3 is 14.6 Å². The lowest BCUT2D eigenvalue weighted by Gasteiger charge is -2.22. The van der Waals surface area contributed by atoms with Crippen molar-refractivity contribution >= 4 is 11.9 Å². The first-order valence-corrected chi connectivity index (χ1v) is 17.5. The highest BCUT2D eigenvalue weighted by atomic mass is 16.6. The number of esters is 2. The minimum atomic E-state index is -0.783. The van der Waals surface area contributed by atoms with E-state index in [9.17, 15) is 14.7 Å². The Morgan fingerprint density at radius 2 is 0.825 bits per heavy atom. The minimum Gasteiger partial charge on any atom is -0.461 e. The number of carbonyl (C=O) groups is 2. The quantitative estimate of drug-likeness (QED) is 0.0689. The summed E-state index contributed by atoms with van der Waals surface area (Å²) in [6, 6.07) is 0. The van der Waals surface area contributed by atoms with E-state index in [1.54, 1.807) is 0 Å². The summed E-state index contributed by atoms with van der Waals surface area (Å²) in [5, 5.41) is 9.93. The summed E-state index contributed by atoms with van der Waals surface area (Å²) in [7, 11) is 0. The fraction of sp³-hybridized carbons (Fsp3) is 0.943. The van der Waals surface area contributed by atoms with E-state index in [4.69, 9.17) is 9.47 Å². The maximum atomic E-state index is 13.1. The summed E-state index contributed by atoms with van der Waals surface area (Å²) in [5.41, 5.74) is 0. The molecule has 0 fully saturated rings. The third-order valence-electron chi connectivity index (χ3n) is 8.19. The molecule has 0 aromatic carbocycles. The standard InChI is InChI=1S/C35H68O5/c1-5-9-13-17-19-23-26-31(25-21-15-11-7-3)34(37)39-30-33(29-36)40-35(38)32(27-22-16-12-8-4)28-24-20-18-14-10-6-2/h31-33,36H,5-30H2,1-4H3. The Kier molecular flexibility index (Phi) is 28.6. The van der Waals surface area contributed by atoms with Gasteiger partial charge in [-0.05, 0) is 25.7 Å². The van der Waals surface area contributed by atoms with Crippen LogP contribution in [0.1, 0.15) is 182 Å². The molecule has 0 rings (SSSR count). The van der Waals surface area contributed by atoms with Crippen molar-refractivity contribution in [2.24, 2.45) is 11.8 Å². The van der Waals surface area contributed by atoms with E-state index in [1.165, 1.54) is 77.0 Å². The first-order valence-electron chi connectivity index (χ1n) is 17.5. The average Bonchev–Trinajstić information content (AvgIpc) is 2.96. The van der Waals surface area contributed by atoms with Crippen molar-refractivity contribution in [1.82, 2.24) is 0 Å². The Labute approximate surface area is 248 Å². The summed E-state index contributed by atoms with van der Waals surface area (Å²) < 4.78 is 11.4. The Hall–Kier alpha value is -1.10. The molecule has 40 heavy (non-hydrogen) atoms. The summed E-state index contributed by atoms with van der Waals surface area (Å²) in [5.74, 6) is -0.657. The van der Waals surface area contributed by atoms with Gasteiger partial charge in [-0.15, -0.1) is 0 Å². The Balaban J connectivity index is 4.82. The predicted molar refractivity (Wildman–Crippen MR) is 168 cm³/mol. The van der Waals surface area contributed by atoms with E-state index in [1.807, 2.05) is 0 Å². The Bertz CT molecular complexity index is 564. The van der Waals surface area contributed by atoms with Gasteiger partial charge in [0.25, 0.3) is 0 Å².